The third kappa shape index (κ3) is 19.7. The Balaban J connectivity index is -0.00000289. The summed E-state index contributed by atoms with van der Waals surface area (Å²) >= 11 is 14.7. The summed E-state index contributed by atoms with van der Waals surface area (Å²) in [6.45, 7) is 15.0. The van der Waals surface area contributed by atoms with E-state index in [1.807, 2.05) is 109 Å². The third-order valence-corrected chi connectivity index (χ3v) is 18.6. The van der Waals surface area contributed by atoms with E-state index < -0.39 is 52.9 Å². The standard InChI is InChI=1S/C52H72N8O6S4.10H2S/c1-9-31(2)45(67)54-36-20-26-70-40-30-52(6,7)43(60(40)49(36)65)44(62)56-41(34-18-14-11-15-19-34)50(66)58-24-22-57(23-25-58)47(63)35(33-16-12-10-13-17-33)28-38(61)42-51(4,5)29-39-59(42)48(64)37(21-27-69-39)55-46(68)32(3)53-8;;;;;;;;;;/h10-19,31-32,35-37,39-43,53H,9,20-30H2,1-8H3,(H,54,67)(H,55,68)(H,56,62);10*1H2/t31-,32+,35+,36+,37+,39+,40+,41+,42?,43-;;;;;;;;;;/m1........../s1. The predicted molar refractivity (Wildman–Crippen MR) is 390 cm³/mol. The minimum Gasteiger partial charge on any atom is -0.368 e. The molecular formula is C52H92N8O6S14. The first-order valence-corrected chi connectivity index (χ1v) is 27.9. The number of Topliss-reactive ketones (excluding diaryl/α,β-unsaturated/α-hetero) is 1. The molecule has 0 spiro atoms. The normalized spacial score (nSPS) is 23.6. The second-order valence-corrected chi connectivity index (χ2v) is 24.4. The van der Waals surface area contributed by atoms with Crippen LogP contribution < -0.4 is 21.3 Å². The second-order valence-electron chi connectivity index (χ2n) is 21.0. The van der Waals surface area contributed by atoms with Crippen molar-refractivity contribution in [1.82, 2.24) is 40.9 Å². The van der Waals surface area contributed by atoms with E-state index in [2.05, 4.69) is 28.2 Å². The molecule has 5 heterocycles. The molecule has 80 heavy (non-hydrogen) atoms. The number of amides is 5. The number of hydrogen-bond acceptors (Lipinski definition) is 11. The van der Waals surface area contributed by atoms with E-state index in [0.717, 1.165) is 17.9 Å². The first kappa shape index (κ1) is 85.8. The third-order valence-electron chi connectivity index (χ3n) is 15.1. The number of thioether (sulfide) groups is 2. The molecule has 10 atom stereocenters. The molecule has 14 nitrogen and oxygen atoms in total. The first-order valence-electron chi connectivity index (χ1n) is 24.9. The van der Waals surface area contributed by atoms with Crippen molar-refractivity contribution >= 4 is 228 Å². The Kier molecular flexibility index (Phi) is 40.6. The summed E-state index contributed by atoms with van der Waals surface area (Å²) in [7, 11) is 1.82. The van der Waals surface area contributed by atoms with Crippen molar-refractivity contribution in [1.29, 1.82) is 0 Å². The Morgan fingerprint density at radius 2 is 1.04 bits per heavy atom. The van der Waals surface area contributed by atoms with Crippen LogP contribution in [0.25, 0.3) is 0 Å². The Hall–Kier alpha value is -0.600. The van der Waals surface area contributed by atoms with Crippen LogP contribution in [0, 0.1) is 16.7 Å². The van der Waals surface area contributed by atoms with Crippen molar-refractivity contribution in [3.05, 3.63) is 71.8 Å². The van der Waals surface area contributed by atoms with Crippen LogP contribution in [0.3, 0.4) is 0 Å². The molecule has 2 aromatic rings. The molecule has 0 saturated carbocycles. The highest BCUT2D eigenvalue weighted by Gasteiger charge is 2.56. The highest BCUT2D eigenvalue weighted by molar-refractivity contribution is 8.00. The van der Waals surface area contributed by atoms with Gasteiger partial charge < -0.3 is 40.9 Å². The second kappa shape index (κ2) is 37.8. The van der Waals surface area contributed by atoms with E-state index in [4.69, 9.17) is 24.4 Å². The first-order chi connectivity index (χ1) is 33.3. The molecule has 0 radical (unpaired) electrons. The molecule has 2 aromatic carbocycles. The summed E-state index contributed by atoms with van der Waals surface area (Å²) in [5.74, 6) is -0.609. The smallest absolute Gasteiger partial charge is 0.249 e. The van der Waals surface area contributed by atoms with Gasteiger partial charge in [0, 0.05) is 38.5 Å². The number of benzene rings is 2. The molecule has 7 rings (SSSR count). The molecule has 5 aliphatic rings. The lowest BCUT2D eigenvalue weighted by molar-refractivity contribution is -0.146. The number of ketones is 1. The largest absolute Gasteiger partial charge is 0.368 e. The van der Waals surface area contributed by atoms with Crippen LogP contribution in [0.4, 0.5) is 0 Å². The summed E-state index contributed by atoms with van der Waals surface area (Å²) in [5.41, 5.74) is 0.197. The van der Waals surface area contributed by atoms with Gasteiger partial charge in [0.05, 0.1) is 38.7 Å². The van der Waals surface area contributed by atoms with Crippen LogP contribution in [0.5, 0.6) is 0 Å². The van der Waals surface area contributed by atoms with E-state index in [1.165, 1.54) is 0 Å². The predicted octanol–water partition coefficient (Wildman–Crippen LogP) is 6.79. The fraction of sp³-hybridized carbons (Fsp3) is 0.615. The number of likely N-dealkylation sites (N-methyl/N-ethyl adjacent to an activating group) is 1. The maximum Gasteiger partial charge on any atom is 0.249 e. The average molecular weight is 1370 g/mol. The van der Waals surface area contributed by atoms with E-state index in [-0.39, 0.29) is 220 Å². The lowest BCUT2D eigenvalue weighted by Gasteiger charge is -2.39. The summed E-state index contributed by atoms with van der Waals surface area (Å²) in [6.07, 6.45) is 3.19. The lowest BCUT2D eigenvalue weighted by atomic mass is 9.79. The topological polar surface area (TPSA) is 164 Å². The molecule has 5 aliphatic heterocycles. The van der Waals surface area contributed by atoms with Gasteiger partial charge in [-0.25, -0.2) is 0 Å². The molecule has 0 aromatic heterocycles. The fourth-order valence-electron chi connectivity index (χ4n) is 10.8. The molecular weight excluding hydrogens is 1280 g/mol. The average Bonchev–Trinajstić information content (AvgIpc) is 3.67. The molecule has 1 unspecified atom stereocenters. The molecule has 460 valence electrons. The van der Waals surface area contributed by atoms with Crippen LogP contribution >= 0.6 is 183 Å². The van der Waals surface area contributed by atoms with Crippen molar-refractivity contribution < 1.29 is 28.8 Å². The van der Waals surface area contributed by atoms with Gasteiger partial charge in [-0.05, 0) is 79.5 Å². The highest BCUT2D eigenvalue weighted by atomic mass is 32.2. The highest BCUT2D eigenvalue weighted by Crippen LogP contribution is 2.48. The van der Waals surface area contributed by atoms with Crippen molar-refractivity contribution in [2.45, 2.75) is 140 Å². The number of nitrogens with zero attached hydrogens (tertiary/aromatic N) is 4. The van der Waals surface area contributed by atoms with E-state index in [9.17, 15) is 28.8 Å². The van der Waals surface area contributed by atoms with Crippen molar-refractivity contribution in [3.8, 4) is 0 Å². The Morgan fingerprint density at radius 3 is 1.49 bits per heavy atom. The van der Waals surface area contributed by atoms with Crippen LogP contribution in [0.2, 0.25) is 0 Å². The molecule has 0 aliphatic carbocycles. The van der Waals surface area contributed by atoms with E-state index >= 15 is 0 Å². The fourth-order valence-corrected chi connectivity index (χ4v) is 14.5. The van der Waals surface area contributed by atoms with Crippen LogP contribution in [-0.2, 0) is 28.8 Å². The zero-order valence-corrected chi connectivity index (χ0v) is 60.2. The van der Waals surface area contributed by atoms with Gasteiger partial charge in [0.15, 0.2) is 5.78 Å². The zero-order valence-electron chi connectivity index (χ0n) is 46.9. The Labute approximate surface area is 565 Å². The molecule has 0 bridgehead atoms. The Bertz CT molecular complexity index is 2150. The number of piperazine rings is 1. The van der Waals surface area contributed by atoms with Gasteiger partial charge in [-0.15, -0.1) is 23.5 Å². The van der Waals surface area contributed by atoms with Crippen LogP contribution in [-0.4, -0.2) is 151 Å². The number of carbonyl (C=O) groups excluding carboxylic acids is 6. The van der Waals surface area contributed by atoms with Gasteiger partial charge in [0.25, 0.3) is 0 Å². The van der Waals surface area contributed by atoms with Gasteiger partial charge in [-0.3, -0.25) is 28.8 Å². The minimum absolute atomic E-state index is 0. The maximum atomic E-state index is 14.9. The monoisotopic (exact) mass is 1370 g/mol. The SMILES string of the molecule is CC[C@@H](C)C(=S)N[C@H]1CCS[C@H]2CC(C)(C)[C@@H](C(=O)N[C@H](C(=O)N3CCN(C(=O)[C@@H](CC(=O)C4N5C(=O)[C@@H](NC(=S)[C@H](C)NC)CCS[C@H]5CC4(C)C)c4ccccc4)CC3)c3ccccc3)N2C1=O.S.S.S.S.S.S.S.S.S.S. The quantitative estimate of drug-likeness (QED) is 0.138. The van der Waals surface area contributed by atoms with Gasteiger partial charge in [-0.2, -0.15) is 135 Å². The van der Waals surface area contributed by atoms with Gasteiger partial charge >= 0.3 is 0 Å². The van der Waals surface area contributed by atoms with E-state index in [1.54, 1.807) is 43.1 Å². The number of rotatable bonds is 15. The summed E-state index contributed by atoms with van der Waals surface area (Å²) in [4.78, 5) is 96.1. The number of hydrogen-bond donors (Lipinski definition) is 4. The number of nitrogens with one attached hydrogen (secondary N) is 4. The van der Waals surface area contributed by atoms with E-state index in [0.29, 0.717) is 46.8 Å². The van der Waals surface area contributed by atoms with Gasteiger partial charge in [0.2, 0.25) is 29.5 Å². The number of thiocarbonyl (C=S) groups is 2. The summed E-state index contributed by atoms with van der Waals surface area (Å²) in [5, 5.41) is 12.5. The molecule has 5 amide bonds. The summed E-state index contributed by atoms with van der Waals surface area (Å²) < 4.78 is 0. The van der Waals surface area contributed by atoms with Gasteiger partial charge in [-0.1, -0.05) is 127 Å². The summed E-state index contributed by atoms with van der Waals surface area (Å²) in [6, 6.07) is 14.6. The van der Waals surface area contributed by atoms with Crippen molar-refractivity contribution in [2.24, 2.45) is 16.7 Å². The zero-order chi connectivity index (χ0) is 50.7. The molecule has 4 N–H and O–H groups in total. The number of carbonyl (C=O) groups is 6. The lowest BCUT2D eigenvalue weighted by Crippen LogP contribution is -2.59. The van der Waals surface area contributed by atoms with Crippen molar-refractivity contribution in [3.63, 3.8) is 0 Å². The molecule has 28 heteroatoms. The minimum atomic E-state index is -1.04. The number of fused-ring (bicyclic) bond motifs is 2. The van der Waals surface area contributed by atoms with Crippen LogP contribution in [0.15, 0.2) is 60.7 Å². The Morgan fingerprint density at radius 1 is 0.625 bits per heavy atom. The van der Waals surface area contributed by atoms with Crippen molar-refractivity contribution in [2.75, 3.05) is 44.7 Å². The molecule has 5 saturated heterocycles. The molecule has 5 fully saturated rings. The van der Waals surface area contributed by atoms with Gasteiger partial charge in [0.1, 0.15) is 24.2 Å². The maximum absolute atomic E-state index is 14.9. The van der Waals surface area contributed by atoms with Crippen LogP contribution in [0.1, 0.15) is 110 Å².